The summed E-state index contributed by atoms with van der Waals surface area (Å²) in [4.78, 5) is 16.7. The normalized spacial score (nSPS) is 18.9. The number of esters is 1. The number of aryl methyl sites for hydroxylation is 2. The van der Waals surface area contributed by atoms with Crippen molar-refractivity contribution in [3.05, 3.63) is 76.5 Å². The largest absolute Gasteiger partial charge is 0.494 e. The van der Waals surface area contributed by atoms with Gasteiger partial charge in [-0.2, -0.15) is 5.26 Å². The molecule has 1 heterocycles. The fourth-order valence-electron chi connectivity index (χ4n) is 6.10. The molecule has 1 fully saturated rings. The lowest BCUT2D eigenvalue weighted by atomic mass is 9.90. The predicted octanol–water partition coefficient (Wildman–Crippen LogP) is 7.10. The molecule has 0 aliphatic heterocycles. The highest BCUT2D eigenvalue weighted by molar-refractivity contribution is 5.79. The lowest BCUT2D eigenvalue weighted by Gasteiger charge is -2.17. The zero-order valence-electron chi connectivity index (χ0n) is 24.1. The molecule has 3 aromatic rings. The molecule has 5 rings (SSSR count). The van der Waals surface area contributed by atoms with E-state index < -0.39 is 0 Å². The summed E-state index contributed by atoms with van der Waals surface area (Å²) in [7, 11) is 0. The van der Waals surface area contributed by atoms with E-state index in [-0.39, 0.29) is 23.2 Å². The highest BCUT2D eigenvalue weighted by atomic mass is 16.5. The van der Waals surface area contributed by atoms with Gasteiger partial charge in [0, 0.05) is 18.2 Å². The first-order valence-electron chi connectivity index (χ1n) is 14.2. The van der Waals surface area contributed by atoms with Gasteiger partial charge in [0.15, 0.2) is 0 Å². The number of hydrogen-bond donors (Lipinski definition) is 0. The van der Waals surface area contributed by atoms with Crippen molar-refractivity contribution >= 4 is 5.97 Å². The number of ether oxygens (including phenoxy) is 3. The Kier molecular flexibility index (Phi) is 7.85. The maximum atomic E-state index is 12.2. The van der Waals surface area contributed by atoms with Crippen LogP contribution in [0.25, 0.3) is 11.1 Å². The van der Waals surface area contributed by atoms with Gasteiger partial charge in [-0.05, 0) is 117 Å². The third kappa shape index (κ3) is 5.84. The van der Waals surface area contributed by atoms with Crippen LogP contribution in [-0.2, 0) is 22.6 Å². The number of hydrogen-bond acceptors (Lipinski definition) is 6. The van der Waals surface area contributed by atoms with E-state index in [9.17, 15) is 10.1 Å². The van der Waals surface area contributed by atoms with Crippen LogP contribution in [0.4, 0.5) is 0 Å². The van der Waals surface area contributed by atoms with E-state index in [2.05, 4.69) is 61.3 Å². The quantitative estimate of drug-likeness (QED) is 0.191. The van der Waals surface area contributed by atoms with Gasteiger partial charge in [-0.1, -0.05) is 18.2 Å². The molecular formula is C34H38N2O4. The Morgan fingerprint density at radius 2 is 1.90 bits per heavy atom. The summed E-state index contributed by atoms with van der Waals surface area (Å²) < 4.78 is 17.3. The summed E-state index contributed by atoms with van der Waals surface area (Å²) in [6, 6.07) is 17.0. The number of pyridine rings is 1. The monoisotopic (exact) mass is 538 g/mol. The van der Waals surface area contributed by atoms with Crippen LogP contribution in [0.2, 0.25) is 0 Å². The first kappa shape index (κ1) is 27.7. The van der Waals surface area contributed by atoms with Crippen molar-refractivity contribution in [1.29, 1.82) is 5.26 Å². The van der Waals surface area contributed by atoms with Crippen LogP contribution in [0.15, 0.2) is 48.7 Å². The molecule has 0 radical (unpaired) electrons. The number of benzene rings is 2. The average Bonchev–Trinajstić information content (AvgIpc) is 3.51. The predicted molar refractivity (Wildman–Crippen MR) is 154 cm³/mol. The summed E-state index contributed by atoms with van der Waals surface area (Å²) in [5.74, 6) is 2.00. The van der Waals surface area contributed by atoms with E-state index in [1.807, 2.05) is 33.0 Å². The van der Waals surface area contributed by atoms with Crippen LogP contribution in [0.5, 0.6) is 11.6 Å². The molecule has 0 spiro atoms. The molecule has 2 aromatic carbocycles. The van der Waals surface area contributed by atoms with Gasteiger partial charge in [0.2, 0.25) is 5.88 Å². The van der Waals surface area contributed by atoms with Crippen molar-refractivity contribution in [3.8, 4) is 28.8 Å². The van der Waals surface area contributed by atoms with Crippen molar-refractivity contribution in [2.75, 3.05) is 13.2 Å². The van der Waals surface area contributed by atoms with E-state index in [1.54, 1.807) is 0 Å². The highest BCUT2D eigenvalue weighted by Crippen LogP contribution is 2.61. The maximum Gasteiger partial charge on any atom is 0.309 e. The molecule has 3 atom stereocenters. The SMILES string of the molecule is CCOC(=O)[C@H]1[C@@H]2Cc3cc(OCc4cccc(-c5c(C)cc(OCCCC(C)(C)C#N)cc5C)c4)ncc3[C@@H]21. The Morgan fingerprint density at radius 1 is 1.12 bits per heavy atom. The van der Waals surface area contributed by atoms with Crippen LogP contribution >= 0.6 is 0 Å². The second kappa shape index (κ2) is 11.3. The summed E-state index contributed by atoms with van der Waals surface area (Å²) >= 11 is 0. The zero-order chi connectivity index (χ0) is 28.4. The Balaban J connectivity index is 1.20. The molecule has 1 aromatic heterocycles. The number of fused-ring (bicyclic) bond motifs is 3. The van der Waals surface area contributed by atoms with Gasteiger partial charge in [0.25, 0.3) is 0 Å². The number of nitriles is 1. The third-order valence-corrected chi connectivity index (χ3v) is 8.17. The van der Waals surface area contributed by atoms with Crippen molar-refractivity contribution in [3.63, 3.8) is 0 Å². The topological polar surface area (TPSA) is 81.4 Å². The molecule has 6 nitrogen and oxygen atoms in total. The lowest BCUT2D eigenvalue weighted by Crippen LogP contribution is -2.11. The smallest absolute Gasteiger partial charge is 0.309 e. The van der Waals surface area contributed by atoms with E-state index in [4.69, 9.17) is 14.2 Å². The second-order valence-corrected chi connectivity index (χ2v) is 11.8. The van der Waals surface area contributed by atoms with Crippen LogP contribution in [0, 0.1) is 42.4 Å². The molecular weight excluding hydrogens is 500 g/mol. The van der Waals surface area contributed by atoms with Crippen molar-refractivity contribution < 1.29 is 19.0 Å². The van der Waals surface area contributed by atoms with Gasteiger partial charge < -0.3 is 14.2 Å². The van der Waals surface area contributed by atoms with Gasteiger partial charge in [0.1, 0.15) is 12.4 Å². The van der Waals surface area contributed by atoms with Crippen molar-refractivity contribution in [2.24, 2.45) is 17.3 Å². The Bertz CT molecular complexity index is 1430. The van der Waals surface area contributed by atoms with Crippen molar-refractivity contribution in [2.45, 2.75) is 66.4 Å². The lowest BCUT2D eigenvalue weighted by molar-refractivity contribution is -0.145. The molecule has 40 heavy (non-hydrogen) atoms. The van der Waals surface area contributed by atoms with Gasteiger partial charge >= 0.3 is 5.97 Å². The fraction of sp³-hybridized carbons (Fsp3) is 0.441. The zero-order valence-corrected chi connectivity index (χ0v) is 24.1. The number of nitrogens with zero attached hydrogens (tertiary/aromatic N) is 2. The summed E-state index contributed by atoms with van der Waals surface area (Å²) in [6.07, 6.45) is 4.42. The maximum absolute atomic E-state index is 12.2. The molecule has 2 aliphatic rings. The molecule has 2 aliphatic carbocycles. The molecule has 1 saturated carbocycles. The number of aromatic nitrogens is 1. The average molecular weight is 539 g/mol. The standard InChI is InChI=1S/C34H38N2O4/c1-6-38-33(37)32-27-16-25-17-29(36-18-28(25)31(27)32)40-19-23-9-7-10-24(15-23)30-21(2)13-26(14-22(30)3)39-12-8-11-34(4,5)20-35/h7,9-10,13-15,17-18,27,31-32H,6,8,11-12,16,19H2,1-5H3/t27-,31-,32+/m1/s1. The van der Waals surface area contributed by atoms with Gasteiger partial charge in [-0.15, -0.1) is 0 Å². The molecule has 0 saturated heterocycles. The Labute approximate surface area is 237 Å². The summed E-state index contributed by atoms with van der Waals surface area (Å²) in [5, 5.41) is 9.20. The first-order chi connectivity index (χ1) is 19.2. The van der Waals surface area contributed by atoms with Gasteiger partial charge in [-0.25, -0.2) is 4.98 Å². The van der Waals surface area contributed by atoms with E-state index >= 15 is 0 Å². The Hall–Kier alpha value is -3.85. The van der Waals surface area contributed by atoms with Crippen LogP contribution in [0.3, 0.4) is 0 Å². The number of rotatable bonds is 11. The minimum atomic E-state index is -0.320. The van der Waals surface area contributed by atoms with E-state index in [0.717, 1.165) is 47.3 Å². The minimum absolute atomic E-state index is 0.00173. The van der Waals surface area contributed by atoms with Crippen molar-refractivity contribution in [1.82, 2.24) is 4.98 Å². The third-order valence-electron chi connectivity index (χ3n) is 8.17. The molecule has 6 heteroatoms. The van der Waals surface area contributed by atoms with E-state index in [1.165, 1.54) is 16.7 Å². The van der Waals surface area contributed by atoms with Crippen LogP contribution < -0.4 is 9.47 Å². The minimum Gasteiger partial charge on any atom is -0.494 e. The summed E-state index contributed by atoms with van der Waals surface area (Å²) in [5.41, 5.74) is 7.81. The molecule has 0 unspecified atom stereocenters. The molecule has 208 valence electrons. The van der Waals surface area contributed by atoms with Crippen LogP contribution in [0.1, 0.15) is 67.3 Å². The second-order valence-electron chi connectivity index (χ2n) is 11.8. The molecule has 0 bridgehead atoms. The van der Waals surface area contributed by atoms with E-state index in [0.29, 0.717) is 31.6 Å². The number of carbonyl (C=O) groups excluding carboxylic acids is 1. The molecule has 0 amide bonds. The number of carbonyl (C=O) groups is 1. The van der Waals surface area contributed by atoms with Crippen LogP contribution in [-0.4, -0.2) is 24.2 Å². The molecule has 0 N–H and O–H groups in total. The summed E-state index contributed by atoms with van der Waals surface area (Å²) in [6.45, 7) is 11.5. The highest BCUT2D eigenvalue weighted by Gasteiger charge is 2.60. The fourth-order valence-corrected chi connectivity index (χ4v) is 6.10. The van der Waals surface area contributed by atoms with Gasteiger partial charge in [0.05, 0.1) is 30.6 Å². The van der Waals surface area contributed by atoms with Gasteiger partial charge in [-0.3, -0.25) is 4.79 Å². The first-order valence-corrected chi connectivity index (χ1v) is 14.2. The Morgan fingerprint density at radius 3 is 2.62 bits per heavy atom.